The lowest BCUT2D eigenvalue weighted by molar-refractivity contribution is 0.265. The Morgan fingerprint density at radius 3 is 2.20 bits per heavy atom. The van der Waals surface area contributed by atoms with Gasteiger partial charge in [0.25, 0.3) is 0 Å². The largest absolute Gasteiger partial charge is 0.299 e. The molecule has 0 amide bonds. The molecule has 0 aliphatic rings. The summed E-state index contributed by atoms with van der Waals surface area (Å²) in [5.74, 6) is 0. The Bertz CT molecular complexity index is 280. The van der Waals surface area contributed by atoms with E-state index in [2.05, 4.69) is 49.6 Å². The molecule has 0 aromatic heterocycles. The van der Waals surface area contributed by atoms with Crippen molar-refractivity contribution in [2.45, 2.75) is 38.1 Å². The fraction of sp³-hybridized carbons (Fsp3) is 0.538. The van der Waals surface area contributed by atoms with Gasteiger partial charge in [0.05, 0.1) is 0 Å². The zero-order valence-electron chi connectivity index (χ0n) is 9.74. The van der Waals surface area contributed by atoms with E-state index in [1.807, 2.05) is 6.07 Å². The summed E-state index contributed by atoms with van der Waals surface area (Å²) in [6.07, 6.45) is 2.43. The second kappa shape index (κ2) is 6.91. The van der Waals surface area contributed by atoms with E-state index in [0.29, 0.717) is 0 Å². The van der Waals surface area contributed by atoms with Crippen LogP contribution in [0.3, 0.4) is 0 Å². The van der Waals surface area contributed by atoms with Crippen molar-refractivity contribution in [1.29, 1.82) is 0 Å². The minimum atomic E-state index is 1.03. The molecule has 0 aliphatic carbocycles. The summed E-state index contributed by atoms with van der Waals surface area (Å²) < 4.78 is 0. The molecular formula is C13H21NS. The van der Waals surface area contributed by atoms with Gasteiger partial charge in [0.2, 0.25) is 0 Å². The lowest BCUT2D eigenvalue weighted by atomic mass is 10.2. The number of rotatable bonds is 6. The minimum absolute atomic E-state index is 1.03. The van der Waals surface area contributed by atoms with E-state index < -0.39 is 0 Å². The van der Waals surface area contributed by atoms with Crippen LogP contribution in [0.2, 0.25) is 0 Å². The van der Waals surface area contributed by atoms with Gasteiger partial charge in [-0.05, 0) is 37.6 Å². The van der Waals surface area contributed by atoms with Gasteiger partial charge in [-0.3, -0.25) is 4.90 Å². The second-order valence-corrected chi connectivity index (χ2v) is 4.39. The molecule has 0 atom stereocenters. The average molecular weight is 223 g/mol. The maximum atomic E-state index is 4.48. The molecule has 1 aromatic carbocycles. The van der Waals surface area contributed by atoms with Gasteiger partial charge in [-0.15, -0.1) is 12.6 Å². The highest BCUT2D eigenvalue weighted by Gasteiger charge is 2.05. The zero-order chi connectivity index (χ0) is 11.1. The summed E-state index contributed by atoms with van der Waals surface area (Å²) in [5.41, 5.74) is 1.34. The number of nitrogens with zero attached hydrogens (tertiary/aromatic N) is 1. The fourth-order valence-corrected chi connectivity index (χ4v) is 2.02. The normalized spacial score (nSPS) is 10.9. The maximum absolute atomic E-state index is 4.48. The lowest BCUT2D eigenvalue weighted by Crippen LogP contribution is -2.25. The Morgan fingerprint density at radius 1 is 1.07 bits per heavy atom. The molecule has 1 nitrogen and oxygen atoms in total. The van der Waals surface area contributed by atoms with Gasteiger partial charge in [0.1, 0.15) is 0 Å². The van der Waals surface area contributed by atoms with E-state index in [4.69, 9.17) is 0 Å². The Kier molecular flexibility index (Phi) is 5.81. The summed E-state index contributed by atoms with van der Waals surface area (Å²) in [6.45, 7) is 7.85. The Balaban J connectivity index is 2.60. The average Bonchev–Trinajstić information content (AvgIpc) is 2.22. The van der Waals surface area contributed by atoms with E-state index in [1.54, 1.807) is 0 Å². The van der Waals surface area contributed by atoms with Crippen molar-refractivity contribution in [1.82, 2.24) is 4.90 Å². The number of hydrogen-bond donors (Lipinski definition) is 1. The molecule has 0 saturated heterocycles. The van der Waals surface area contributed by atoms with Crippen LogP contribution in [0.4, 0.5) is 0 Å². The molecule has 0 N–H and O–H groups in total. The van der Waals surface area contributed by atoms with Crippen LogP contribution in [-0.2, 0) is 6.54 Å². The molecule has 84 valence electrons. The Labute approximate surface area is 98.9 Å². The number of benzene rings is 1. The summed E-state index contributed by atoms with van der Waals surface area (Å²) >= 11 is 4.48. The van der Waals surface area contributed by atoms with Crippen LogP contribution in [0.1, 0.15) is 32.3 Å². The lowest BCUT2D eigenvalue weighted by Gasteiger charge is -2.21. The monoisotopic (exact) mass is 223 g/mol. The first-order chi connectivity index (χ1) is 7.27. The highest BCUT2D eigenvalue weighted by Crippen LogP contribution is 2.15. The highest BCUT2D eigenvalue weighted by molar-refractivity contribution is 7.80. The fourth-order valence-electron chi connectivity index (χ4n) is 1.79. The molecule has 0 saturated carbocycles. The quantitative estimate of drug-likeness (QED) is 0.721. The van der Waals surface area contributed by atoms with E-state index in [-0.39, 0.29) is 0 Å². The third-order valence-corrected chi connectivity index (χ3v) is 2.90. The standard InChI is InChI=1S/C13H21NS/c1-3-9-14(10-4-2)11-12-7-5-6-8-13(12)15/h5-8,15H,3-4,9-11H2,1-2H3. The molecule has 0 radical (unpaired) electrons. The highest BCUT2D eigenvalue weighted by atomic mass is 32.1. The summed E-state index contributed by atoms with van der Waals surface area (Å²) in [4.78, 5) is 3.60. The van der Waals surface area contributed by atoms with Gasteiger partial charge in [-0.1, -0.05) is 32.0 Å². The van der Waals surface area contributed by atoms with Gasteiger partial charge in [0, 0.05) is 11.4 Å². The molecule has 0 spiro atoms. The predicted molar refractivity (Wildman–Crippen MR) is 69.6 cm³/mol. The first-order valence-electron chi connectivity index (χ1n) is 5.77. The molecule has 0 fully saturated rings. The topological polar surface area (TPSA) is 3.24 Å². The molecule has 0 unspecified atom stereocenters. The third-order valence-electron chi connectivity index (χ3n) is 2.47. The van der Waals surface area contributed by atoms with Gasteiger partial charge >= 0.3 is 0 Å². The maximum Gasteiger partial charge on any atom is 0.0244 e. The van der Waals surface area contributed by atoms with E-state index in [0.717, 1.165) is 11.4 Å². The SMILES string of the molecule is CCCN(CCC)Cc1ccccc1S. The van der Waals surface area contributed by atoms with Crippen molar-refractivity contribution < 1.29 is 0 Å². The number of thiol groups is 1. The van der Waals surface area contributed by atoms with Crippen LogP contribution in [0.25, 0.3) is 0 Å². The van der Waals surface area contributed by atoms with Crippen molar-refractivity contribution in [3.05, 3.63) is 29.8 Å². The van der Waals surface area contributed by atoms with E-state index in [1.165, 1.54) is 31.5 Å². The van der Waals surface area contributed by atoms with E-state index in [9.17, 15) is 0 Å². The van der Waals surface area contributed by atoms with Crippen LogP contribution in [0.15, 0.2) is 29.2 Å². The predicted octanol–water partition coefficient (Wildman–Crippen LogP) is 3.60. The summed E-state index contributed by atoms with van der Waals surface area (Å²) in [5, 5.41) is 0. The minimum Gasteiger partial charge on any atom is -0.299 e. The van der Waals surface area contributed by atoms with Crippen LogP contribution in [0.5, 0.6) is 0 Å². The smallest absolute Gasteiger partial charge is 0.0244 e. The summed E-state index contributed by atoms with van der Waals surface area (Å²) in [6, 6.07) is 8.36. The molecule has 0 heterocycles. The van der Waals surface area contributed by atoms with Crippen LogP contribution >= 0.6 is 12.6 Å². The van der Waals surface area contributed by atoms with Crippen molar-refractivity contribution >= 4 is 12.6 Å². The molecule has 1 aromatic rings. The first-order valence-corrected chi connectivity index (χ1v) is 6.21. The second-order valence-electron chi connectivity index (χ2n) is 3.90. The Morgan fingerprint density at radius 2 is 1.67 bits per heavy atom. The molecule has 2 heteroatoms. The van der Waals surface area contributed by atoms with Gasteiger partial charge in [-0.25, -0.2) is 0 Å². The van der Waals surface area contributed by atoms with Crippen molar-refractivity contribution in [3.63, 3.8) is 0 Å². The van der Waals surface area contributed by atoms with Gasteiger partial charge in [-0.2, -0.15) is 0 Å². The molecule has 1 rings (SSSR count). The molecule has 0 aliphatic heterocycles. The number of hydrogen-bond acceptors (Lipinski definition) is 2. The summed E-state index contributed by atoms with van der Waals surface area (Å²) in [7, 11) is 0. The van der Waals surface area contributed by atoms with Gasteiger partial charge in [0.15, 0.2) is 0 Å². The third kappa shape index (κ3) is 4.27. The van der Waals surface area contributed by atoms with Crippen molar-refractivity contribution in [2.24, 2.45) is 0 Å². The zero-order valence-corrected chi connectivity index (χ0v) is 10.6. The van der Waals surface area contributed by atoms with E-state index >= 15 is 0 Å². The van der Waals surface area contributed by atoms with Gasteiger partial charge < -0.3 is 0 Å². The first kappa shape index (κ1) is 12.6. The molecular weight excluding hydrogens is 202 g/mol. The Hall–Kier alpha value is -0.470. The molecule has 15 heavy (non-hydrogen) atoms. The van der Waals surface area contributed by atoms with Crippen LogP contribution < -0.4 is 0 Å². The van der Waals surface area contributed by atoms with Crippen LogP contribution in [0, 0.1) is 0 Å². The van der Waals surface area contributed by atoms with Crippen molar-refractivity contribution in [2.75, 3.05) is 13.1 Å². The van der Waals surface area contributed by atoms with Crippen LogP contribution in [-0.4, -0.2) is 18.0 Å². The van der Waals surface area contributed by atoms with Crippen molar-refractivity contribution in [3.8, 4) is 0 Å². The molecule has 0 bridgehead atoms.